The van der Waals surface area contributed by atoms with Crippen LogP contribution in [0.15, 0.2) is 48.5 Å². The van der Waals surface area contributed by atoms with E-state index in [9.17, 15) is 27.9 Å². The van der Waals surface area contributed by atoms with Crippen molar-refractivity contribution in [3.63, 3.8) is 0 Å². The first-order valence-electron chi connectivity index (χ1n) is 8.07. The first-order chi connectivity index (χ1) is 12.3. The molecule has 0 N–H and O–H groups in total. The van der Waals surface area contributed by atoms with Crippen LogP contribution in [0.4, 0.5) is 13.2 Å². The van der Waals surface area contributed by atoms with Gasteiger partial charge in [0.15, 0.2) is 0 Å². The van der Waals surface area contributed by atoms with Crippen molar-refractivity contribution in [1.82, 2.24) is 4.90 Å². The molecule has 1 heterocycles. The lowest BCUT2D eigenvalue weighted by Crippen LogP contribution is -2.46. The van der Waals surface area contributed by atoms with Crippen molar-refractivity contribution in [2.75, 3.05) is 6.54 Å². The second-order valence-electron chi connectivity index (χ2n) is 6.10. The molecule has 0 radical (unpaired) electrons. The Morgan fingerprint density at radius 1 is 1.04 bits per heavy atom. The molecule has 7 heteroatoms. The summed E-state index contributed by atoms with van der Waals surface area (Å²) >= 11 is 0. The molecule has 1 amide bonds. The Hall–Kier alpha value is -2.83. The van der Waals surface area contributed by atoms with E-state index < -0.39 is 29.7 Å². The van der Waals surface area contributed by atoms with Gasteiger partial charge in [-0.25, -0.2) is 0 Å². The molecule has 0 bridgehead atoms. The van der Waals surface area contributed by atoms with Crippen LogP contribution in [-0.2, 0) is 11.0 Å². The normalized spacial score (nSPS) is 17.3. The minimum Gasteiger partial charge on any atom is -0.548 e. The van der Waals surface area contributed by atoms with Crippen molar-refractivity contribution in [2.45, 2.75) is 25.1 Å². The van der Waals surface area contributed by atoms with Gasteiger partial charge in [0.05, 0.1) is 17.6 Å². The summed E-state index contributed by atoms with van der Waals surface area (Å²) in [6, 6.07) is 9.92. The van der Waals surface area contributed by atoms with Crippen LogP contribution in [0.5, 0.6) is 0 Å². The van der Waals surface area contributed by atoms with Crippen LogP contribution >= 0.6 is 0 Å². The van der Waals surface area contributed by atoms with Crippen LogP contribution < -0.4 is 5.11 Å². The van der Waals surface area contributed by atoms with Crippen molar-refractivity contribution in [3.8, 4) is 11.1 Å². The highest BCUT2D eigenvalue weighted by molar-refractivity contribution is 5.97. The Kier molecular flexibility index (Phi) is 4.71. The third-order valence-electron chi connectivity index (χ3n) is 4.46. The summed E-state index contributed by atoms with van der Waals surface area (Å²) in [5.41, 5.74) is -0.179. The molecule has 1 atom stereocenters. The highest BCUT2D eigenvalue weighted by Gasteiger charge is 2.33. The van der Waals surface area contributed by atoms with E-state index in [0.29, 0.717) is 24.9 Å². The summed E-state index contributed by atoms with van der Waals surface area (Å²) in [4.78, 5) is 24.8. The van der Waals surface area contributed by atoms with Gasteiger partial charge < -0.3 is 14.8 Å². The van der Waals surface area contributed by atoms with Crippen molar-refractivity contribution in [3.05, 3.63) is 59.7 Å². The zero-order valence-corrected chi connectivity index (χ0v) is 13.6. The fourth-order valence-corrected chi connectivity index (χ4v) is 3.20. The molecule has 1 unspecified atom stereocenters. The van der Waals surface area contributed by atoms with Gasteiger partial charge in [-0.05, 0) is 42.2 Å². The van der Waals surface area contributed by atoms with E-state index in [1.54, 1.807) is 0 Å². The number of hydrogen-bond acceptors (Lipinski definition) is 3. The molecule has 26 heavy (non-hydrogen) atoms. The fourth-order valence-electron chi connectivity index (χ4n) is 3.20. The van der Waals surface area contributed by atoms with E-state index in [0.717, 1.165) is 6.07 Å². The number of carbonyl (C=O) groups is 2. The topological polar surface area (TPSA) is 60.4 Å². The molecule has 0 spiro atoms. The van der Waals surface area contributed by atoms with E-state index in [2.05, 4.69) is 0 Å². The maximum Gasteiger partial charge on any atom is 0.417 e. The lowest BCUT2D eigenvalue weighted by atomic mass is 9.98. The van der Waals surface area contributed by atoms with Crippen molar-refractivity contribution in [1.29, 1.82) is 0 Å². The first kappa shape index (κ1) is 18.0. The van der Waals surface area contributed by atoms with Crippen LogP contribution in [0.3, 0.4) is 0 Å². The minimum atomic E-state index is -4.48. The lowest BCUT2D eigenvalue weighted by Gasteiger charge is -2.25. The number of alkyl halides is 3. The van der Waals surface area contributed by atoms with Crippen LogP contribution in [0.1, 0.15) is 28.8 Å². The summed E-state index contributed by atoms with van der Waals surface area (Å²) < 4.78 is 39.4. The van der Waals surface area contributed by atoms with Gasteiger partial charge in [-0.3, -0.25) is 4.79 Å². The summed E-state index contributed by atoms with van der Waals surface area (Å²) in [5, 5.41) is 11.1. The Morgan fingerprint density at radius 3 is 2.31 bits per heavy atom. The van der Waals surface area contributed by atoms with E-state index in [4.69, 9.17) is 0 Å². The molecule has 1 saturated heterocycles. The summed E-state index contributed by atoms with van der Waals surface area (Å²) in [6.45, 7) is 0.316. The van der Waals surface area contributed by atoms with Gasteiger partial charge in [-0.1, -0.05) is 30.3 Å². The number of halogens is 3. The molecular weight excluding hydrogens is 347 g/mol. The standard InChI is InChI=1S/C19H16F3NO3/c20-19(21,22)15-5-2-1-4-14(15)12-7-9-13(10-8-12)17(24)23-11-3-6-16(23)18(25)26/h1-2,4-5,7-10,16H,3,6,11H2,(H,25,26)/p-1. The monoisotopic (exact) mass is 362 g/mol. The van der Waals surface area contributed by atoms with Crippen LogP contribution in [0.2, 0.25) is 0 Å². The number of carboxylic acid groups (broad SMARTS) is 1. The highest BCUT2D eigenvalue weighted by atomic mass is 19.4. The van der Waals surface area contributed by atoms with Crippen molar-refractivity contribution < 1.29 is 27.9 Å². The van der Waals surface area contributed by atoms with Crippen LogP contribution in [-0.4, -0.2) is 29.4 Å². The lowest BCUT2D eigenvalue weighted by molar-refractivity contribution is -0.310. The number of aliphatic carboxylic acids is 1. The van der Waals surface area contributed by atoms with E-state index in [-0.39, 0.29) is 11.1 Å². The molecule has 0 saturated carbocycles. The maximum atomic E-state index is 13.1. The number of amides is 1. The van der Waals surface area contributed by atoms with E-state index >= 15 is 0 Å². The fraction of sp³-hybridized carbons (Fsp3) is 0.263. The third-order valence-corrected chi connectivity index (χ3v) is 4.46. The average Bonchev–Trinajstić information content (AvgIpc) is 3.10. The SMILES string of the molecule is O=C([O-])C1CCCN1C(=O)c1ccc(-c2ccccc2C(F)(F)F)cc1. The molecule has 1 fully saturated rings. The van der Waals surface area contributed by atoms with Crippen LogP contribution in [0, 0.1) is 0 Å². The number of carboxylic acids is 1. The predicted octanol–water partition coefficient (Wildman–Crippen LogP) is 2.73. The molecule has 4 nitrogen and oxygen atoms in total. The summed E-state index contributed by atoms with van der Waals surface area (Å²) in [6.07, 6.45) is -3.57. The summed E-state index contributed by atoms with van der Waals surface area (Å²) in [5.74, 6) is -1.76. The van der Waals surface area contributed by atoms with Crippen molar-refractivity contribution >= 4 is 11.9 Å². The second-order valence-corrected chi connectivity index (χ2v) is 6.10. The molecule has 1 aliphatic heterocycles. The Bertz CT molecular complexity index is 831. The van der Waals surface area contributed by atoms with Gasteiger partial charge in [0.25, 0.3) is 5.91 Å². The van der Waals surface area contributed by atoms with Gasteiger partial charge in [0.2, 0.25) is 0 Å². The minimum absolute atomic E-state index is 0.0211. The van der Waals surface area contributed by atoms with Gasteiger partial charge in [-0.15, -0.1) is 0 Å². The molecule has 2 aromatic rings. The van der Waals surface area contributed by atoms with Gasteiger partial charge in [0.1, 0.15) is 0 Å². The number of likely N-dealkylation sites (tertiary alicyclic amines) is 1. The number of benzene rings is 2. The summed E-state index contributed by atoms with van der Waals surface area (Å²) in [7, 11) is 0. The maximum absolute atomic E-state index is 13.1. The number of rotatable bonds is 3. The largest absolute Gasteiger partial charge is 0.548 e. The molecule has 0 aromatic heterocycles. The quantitative estimate of drug-likeness (QED) is 0.844. The van der Waals surface area contributed by atoms with Gasteiger partial charge in [0, 0.05) is 12.1 Å². The van der Waals surface area contributed by atoms with Gasteiger partial charge in [-0.2, -0.15) is 13.2 Å². The van der Waals surface area contributed by atoms with E-state index in [1.807, 2.05) is 0 Å². The van der Waals surface area contributed by atoms with Crippen molar-refractivity contribution in [2.24, 2.45) is 0 Å². The number of carbonyl (C=O) groups excluding carboxylic acids is 2. The smallest absolute Gasteiger partial charge is 0.417 e. The number of nitrogens with zero attached hydrogens (tertiary/aromatic N) is 1. The molecule has 3 rings (SSSR count). The number of hydrogen-bond donors (Lipinski definition) is 0. The Labute approximate surface area is 147 Å². The predicted molar refractivity (Wildman–Crippen MR) is 85.9 cm³/mol. The molecule has 0 aliphatic carbocycles. The molecular formula is C19H15F3NO3-. The third kappa shape index (κ3) is 3.42. The van der Waals surface area contributed by atoms with Crippen LogP contribution in [0.25, 0.3) is 11.1 Å². The average molecular weight is 362 g/mol. The second kappa shape index (κ2) is 6.82. The molecule has 136 valence electrons. The molecule has 2 aromatic carbocycles. The molecule has 1 aliphatic rings. The Morgan fingerprint density at radius 2 is 1.69 bits per heavy atom. The zero-order valence-electron chi connectivity index (χ0n) is 13.6. The zero-order chi connectivity index (χ0) is 18.9. The Balaban J connectivity index is 1.88. The van der Waals surface area contributed by atoms with Gasteiger partial charge >= 0.3 is 6.18 Å². The van der Waals surface area contributed by atoms with E-state index in [1.165, 1.54) is 47.4 Å². The first-order valence-corrected chi connectivity index (χ1v) is 8.07. The highest BCUT2D eigenvalue weighted by Crippen LogP contribution is 2.37.